The number of carboxylic acid groups (broad SMARTS) is 1. The minimum Gasteiger partial charge on any atom is -0.481 e. The number of carboxylic acids is 1. The highest BCUT2D eigenvalue weighted by Gasteiger charge is 2.31. The molecule has 1 amide bonds. The van der Waals surface area contributed by atoms with Crippen molar-refractivity contribution in [3.05, 3.63) is 33.8 Å². The first-order chi connectivity index (χ1) is 7.09. The number of halogens is 1. The van der Waals surface area contributed by atoms with Gasteiger partial charge in [0.25, 0.3) is 5.91 Å². The summed E-state index contributed by atoms with van der Waals surface area (Å²) < 4.78 is 0.699. The molecule has 1 aliphatic rings. The van der Waals surface area contributed by atoms with E-state index < -0.39 is 12.0 Å². The maximum absolute atomic E-state index is 11.5. The van der Waals surface area contributed by atoms with Crippen LogP contribution >= 0.6 is 15.9 Å². The molecule has 1 aromatic rings. The van der Waals surface area contributed by atoms with Crippen LogP contribution in [0.3, 0.4) is 0 Å². The summed E-state index contributed by atoms with van der Waals surface area (Å²) in [6.07, 6.45) is -0.0881. The third-order valence-electron chi connectivity index (χ3n) is 2.33. The molecule has 0 radical (unpaired) electrons. The van der Waals surface area contributed by atoms with Crippen LogP contribution in [-0.4, -0.2) is 17.0 Å². The molecule has 2 rings (SSSR count). The van der Waals surface area contributed by atoms with E-state index >= 15 is 0 Å². The van der Waals surface area contributed by atoms with Gasteiger partial charge in [-0.05, 0) is 27.6 Å². The summed E-state index contributed by atoms with van der Waals surface area (Å²) in [5.74, 6) is -1.14. The smallest absolute Gasteiger partial charge is 0.305 e. The Hall–Kier alpha value is -1.36. The lowest BCUT2D eigenvalue weighted by Gasteiger charge is -2.07. The molecule has 0 fully saturated rings. The predicted molar refractivity (Wildman–Crippen MR) is 56.6 cm³/mol. The molecular formula is C10H8BrNO3. The van der Waals surface area contributed by atoms with Crippen molar-refractivity contribution in [1.29, 1.82) is 0 Å². The fourth-order valence-corrected chi connectivity index (χ4v) is 2.28. The second-order valence-electron chi connectivity index (χ2n) is 3.33. The van der Waals surface area contributed by atoms with Crippen molar-refractivity contribution in [1.82, 2.24) is 5.32 Å². The summed E-state index contributed by atoms with van der Waals surface area (Å²) in [6.45, 7) is 0. The van der Waals surface area contributed by atoms with Gasteiger partial charge < -0.3 is 10.4 Å². The summed E-state index contributed by atoms with van der Waals surface area (Å²) in [6, 6.07) is 4.91. The number of aliphatic carboxylic acids is 1. The first-order valence-electron chi connectivity index (χ1n) is 4.40. The zero-order chi connectivity index (χ0) is 11.0. The van der Waals surface area contributed by atoms with Crippen molar-refractivity contribution < 1.29 is 14.7 Å². The molecule has 1 aliphatic heterocycles. The van der Waals surface area contributed by atoms with E-state index in [0.717, 1.165) is 5.56 Å². The molecule has 1 atom stereocenters. The molecule has 15 heavy (non-hydrogen) atoms. The van der Waals surface area contributed by atoms with E-state index in [9.17, 15) is 9.59 Å². The Bertz CT molecular complexity index is 444. The first kappa shape index (κ1) is 10.2. The van der Waals surface area contributed by atoms with E-state index in [0.29, 0.717) is 10.0 Å². The normalized spacial score (nSPS) is 18.5. The monoisotopic (exact) mass is 269 g/mol. The highest BCUT2D eigenvalue weighted by Crippen LogP contribution is 2.32. The van der Waals surface area contributed by atoms with Crippen molar-refractivity contribution in [3.63, 3.8) is 0 Å². The van der Waals surface area contributed by atoms with Gasteiger partial charge in [-0.1, -0.05) is 12.1 Å². The Morgan fingerprint density at radius 2 is 2.27 bits per heavy atom. The minimum absolute atomic E-state index is 0.0881. The molecule has 1 aromatic carbocycles. The quantitative estimate of drug-likeness (QED) is 0.859. The van der Waals surface area contributed by atoms with Crippen LogP contribution in [0, 0.1) is 0 Å². The van der Waals surface area contributed by atoms with Crippen LogP contribution in [0.4, 0.5) is 0 Å². The Morgan fingerprint density at radius 3 is 2.93 bits per heavy atom. The van der Waals surface area contributed by atoms with Gasteiger partial charge in [0.1, 0.15) is 0 Å². The van der Waals surface area contributed by atoms with Crippen molar-refractivity contribution in [2.75, 3.05) is 0 Å². The molecule has 1 unspecified atom stereocenters. The SMILES string of the molecule is O=C(O)CC1NC(=O)c2c(Br)cccc21. The maximum Gasteiger partial charge on any atom is 0.305 e. The summed E-state index contributed by atoms with van der Waals surface area (Å²) >= 11 is 3.27. The largest absolute Gasteiger partial charge is 0.481 e. The summed E-state index contributed by atoms with van der Waals surface area (Å²) in [5.41, 5.74) is 1.29. The number of carbonyl (C=O) groups is 2. The highest BCUT2D eigenvalue weighted by atomic mass is 79.9. The van der Waals surface area contributed by atoms with Gasteiger partial charge >= 0.3 is 5.97 Å². The van der Waals surface area contributed by atoms with Gasteiger partial charge in [-0.15, -0.1) is 0 Å². The van der Waals surface area contributed by atoms with Crippen molar-refractivity contribution in [3.8, 4) is 0 Å². The topological polar surface area (TPSA) is 66.4 Å². The van der Waals surface area contributed by atoms with Gasteiger partial charge in [-0.2, -0.15) is 0 Å². The molecule has 0 spiro atoms. The fraction of sp³-hybridized carbons (Fsp3) is 0.200. The van der Waals surface area contributed by atoms with Crippen LogP contribution < -0.4 is 5.32 Å². The third-order valence-corrected chi connectivity index (χ3v) is 2.99. The molecule has 0 saturated heterocycles. The van der Waals surface area contributed by atoms with E-state index in [2.05, 4.69) is 21.2 Å². The molecule has 0 aliphatic carbocycles. The molecule has 5 heteroatoms. The van der Waals surface area contributed by atoms with Crippen molar-refractivity contribution in [2.45, 2.75) is 12.5 Å². The number of fused-ring (bicyclic) bond motifs is 1. The van der Waals surface area contributed by atoms with Crippen LogP contribution in [0.25, 0.3) is 0 Å². The molecule has 78 valence electrons. The summed E-state index contributed by atoms with van der Waals surface area (Å²) in [5, 5.41) is 11.3. The molecule has 4 nitrogen and oxygen atoms in total. The summed E-state index contributed by atoms with van der Waals surface area (Å²) in [7, 11) is 0. The lowest BCUT2D eigenvalue weighted by molar-refractivity contribution is -0.137. The highest BCUT2D eigenvalue weighted by molar-refractivity contribution is 9.10. The van der Waals surface area contributed by atoms with Crippen LogP contribution in [0.2, 0.25) is 0 Å². The van der Waals surface area contributed by atoms with Gasteiger partial charge in [0, 0.05) is 4.47 Å². The standard InChI is InChI=1S/C10H8BrNO3/c11-6-3-1-2-5-7(4-8(13)14)12-10(15)9(5)6/h1-3,7H,4H2,(H,12,15)(H,13,14). The number of amides is 1. The predicted octanol–water partition coefficient (Wildman–Crippen LogP) is 1.71. The number of carbonyl (C=O) groups excluding carboxylic acids is 1. The molecule has 1 heterocycles. The minimum atomic E-state index is -0.923. The van der Waals surface area contributed by atoms with Crippen molar-refractivity contribution >= 4 is 27.8 Å². The number of benzene rings is 1. The lowest BCUT2D eigenvalue weighted by atomic mass is 10.0. The maximum atomic E-state index is 11.5. The fourth-order valence-electron chi connectivity index (χ4n) is 1.71. The van der Waals surface area contributed by atoms with Crippen LogP contribution in [0.1, 0.15) is 28.4 Å². The average molecular weight is 270 g/mol. The van der Waals surface area contributed by atoms with Gasteiger partial charge in [0.15, 0.2) is 0 Å². The molecule has 2 N–H and O–H groups in total. The Morgan fingerprint density at radius 1 is 1.53 bits per heavy atom. The van der Waals surface area contributed by atoms with Crippen LogP contribution in [0.5, 0.6) is 0 Å². The van der Waals surface area contributed by atoms with Crippen LogP contribution in [0.15, 0.2) is 22.7 Å². The number of nitrogens with one attached hydrogen (secondary N) is 1. The van der Waals surface area contributed by atoms with Gasteiger partial charge in [-0.3, -0.25) is 9.59 Å². The Kier molecular flexibility index (Phi) is 2.48. The van der Waals surface area contributed by atoms with Gasteiger partial charge in [-0.25, -0.2) is 0 Å². The lowest BCUT2D eigenvalue weighted by Crippen LogP contribution is -2.21. The zero-order valence-electron chi connectivity index (χ0n) is 7.66. The van der Waals surface area contributed by atoms with E-state index in [1.807, 2.05) is 0 Å². The van der Waals surface area contributed by atoms with Gasteiger partial charge in [0.2, 0.25) is 0 Å². The number of hydrogen-bond donors (Lipinski definition) is 2. The Labute approximate surface area is 94.4 Å². The second kappa shape index (κ2) is 3.66. The second-order valence-corrected chi connectivity index (χ2v) is 4.18. The third kappa shape index (κ3) is 1.74. The van der Waals surface area contributed by atoms with E-state index in [4.69, 9.17) is 5.11 Å². The Balaban J connectivity index is 2.42. The van der Waals surface area contributed by atoms with Crippen LogP contribution in [-0.2, 0) is 4.79 Å². The van der Waals surface area contributed by atoms with E-state index in [-0.39, 0.29) is 12.3 Å². The average Bonchev–Trinajstić information content (AvgIpc) is 2.44. The first-order valence-corrected chi connectivity index (χ1v) is 5.20. The number of hydrogen-bond acceptors (Lipinski definition) is 2. The molecule has 0 aromatic heterocycles. The molecular weight excluding hydrogens is 262 g/mol. The molecule has 0 bridgehead atoms. The molecule has 0 saturated carbocycles. The zero-order valence-corrected chi connectivity index (χ0v) is 9.24. The van der Waals surface area contributed by atoms with E-state index in [1.165, 1.54) is 0 Å². The van der Waals surface area contributed by atoms with Crippen molar-refractivity contribution in [2.24, 2.45) is 0 Å². The van der Waals surface area contributed by atoms with E-state index in [1.54, 1.807) is 18.2 Å². The van der Waals surface area contributed by atoms with Gasteiger partial charge in [0.05, 0.1) is 18.0 Å². The summed E-state index contributed by atoms with van der Waals surface area (Å²) in [4.78, 5) is 22.1. The number of rotatable bonds is 2.